The molecular formula is C20H24N4O2S. The number of anilines is 1. The summed E-state index contributed by atoms with van der Waals surface area (Å²) in [6, 6.07) is 7.87. The molecule has 0 spiro atoms. The fraction of sp³-hybridized carbons (Fsp3) is 0.450. The molecule has 27 heavy (non-hydrogen) atoms. The van der Waals surface area contributed by atoms with Crippen molar-refractivity contribution < 1.29 is 9.21 Å². The van der Waals surface area contributed by atoms with E-state index in [2.05, 4.69) is 27.1 Å². The second-order valence-corrected chi connectivity index (χ2v) is 8.20. The van der Waals surface area contributed by atoms with Crippen molar-refractivity contribution in [1.29, 1.82) is 0 Å². The summed E-state index contributed by atoms with van der Waals surface area (Å²) < 4.78 is 5.91. The van der Waals surface area contributed by atoms with Crippen LogP contribution < -0.4 is 5.32 Å². The number of likely N-dealkylation sites (tertiary alicyclic amines) is 1. The highest BCUT2D eigenvalue weighted by atomic mass is 32.1. The highest BCUT2D eigenvalue weighted by molar-refractivity contribution is 7.15. The van der Waals surface area contributed by atoms with Crippen LogP contribution in [0.1, 0.15) is 42.1 Å². The van der Waals surface area contributed by atoms with Gasteiger partial charge in [-0.2, -0.15) is 0 Å². The zero-order valence-electron chi connectivity index (χ0n) is 15.7. The van der Waals surface area contributed by atoms with Gasteiger partial charge in [-0.3, -0.25) is 9.69 Å². The molecule has 6 nitrogen and oxygen atoms in total. The van der Waals surface area contributed by atoms with Crippen molar-refractivity contribution >= 4 is 33.5 Å². The number of hydrogen-bond donors (Lipinski definition) is 1. The van der Waals surface area contributed by atoms with E-state index < -0.39 is 0 Å². The van der Waals surface area contributed by atoms with Crippen LogP contribution in [0, 0.1) is 6.92 Å². The van der Waals surface area contributed by atoms with Crippen molar-refractivity contribution in [3.63, 3.8) is 0 Å². The third-order valence-corrected chi connectivity index (χ3v) is 6.02. The number of amides is 1. The summed E-state index contributed by atoms with van der Waals surface area (Å²) in [5, 5.41) is 3.65. The number of piperidine rings is 1. The van der Waals surface area contributed by atoms with Crippen LogP contribution in [-0.4, -0.2) is 40.4 Å². The summed E-state index contributed by atoms with van der Waals surface area (Å²) in [6.45, 7) is 6.26. The highest BCUT2D eigenvalue weighted by Crippen LogP contribution is 2.30. The lowest BCUT2D eigenvalue weighted by molar-refractivity contribution is -0.117. The van der Waals surface area contributed by atoms with E-state index in [-0.39, 0.29) is 5.91 Å². The molecule has 0 atom stereocenters. The fourth-order valence-corrected chi connectivity index (χ4v) is 4.49. The number of aryl methyl sites for hydroxylation is 2. The van der Waals surface area contributed by atoms with Crippen LogP contribution in [0.25, 0.3) is 11.1 Å². The molecule has 4 rings (SSSR count). The van der Waals surface area contributed by atoms with Gasteiger partial charge in [-0.25, -0.2) is 9.97 Å². The third-order valence-electron chi connectivity index (χ3n) is 5.09. The predicted molar refractivity (Wildman–Crippen MR) is 107 cm³/mol. The lowest BCUT2D eigenvalue weighted by atomic mass is 9.97. The van der Waals surface area contributed by atoms with Gasteiger partial charge in [0, 0.05) is 10.8 Å². The zero-order valence-corrected chi connectivity index (χ0v) is 16.5. The first-order valence-corrected chi connectivity index (χ1v) is 10.3. The number of carbonyl (C=O) groups excluding carboxylic acids is 1. The fourth-order valence-electron chi connectivity index (χ4n) is 3.57. The summed E-state index contributed by atoms with van der Waals surface area (Å²) in [7, 11) is 0. The monoisotopic (exact) mass is 384 g/mol. The van der Waals surface area contributed by atoms with Gasteiger partial charge in [0.15, 0.2) is 16.6 Å². The Bertz CT molecular complexity index is 908. The normalized spacial score (nSPS) is 16.1. The van der Waals surface area contributed by atoms with Gasteiger partial charge >= 0.3 is 0 Å². The van der Waals surface area contributed by atoms with E-state index in [1.807, 2.05) is 31.2 Å². The average Bonchev–Trinajstić information content (AvgIpc) is 3.25. The Labute approximate surface area is 162 Å². The maximum atomic E-state index is 12.3. The number of thiazole rings is 1. The molecule has 2 aromatic heterocycles. The van der Waals surface area contributed by atoms with Crippen LogP contribution in [0.4, 0.5) is 5.13 Å². The van der Waals surface area contributed by atoms with Gasteiger partial charge in [0.25, 0.3) is 0 Å². The van der Waals surface area contributed by atoms with Crippen LogP contribution >= 0.6 is 11.3 Å². The van der Waals surface area contributed by atoms with Crippen molar-refractivity contribution in [3.05, 3.63) is 40.7 Å². The van der Waals surface area contributed by atoms with E-state index in [1.165, 1.54) is 4.88 Å². The first-order chi connectivity index (χ1) is 13.1. The quantitative estimate of drug-likeness (QED) is 0.721. The number of rotatable bonds is 5. The van der Waals surface area contributed by atoms with E-state index in [4.69, 9.17) is 4.42 Å². The smallest absolute Gasteiger partial charge is 0.240 e. The van der Waals surface area contributed by atoms with Crippen molar-refractivity contribution in [1.82, 2.24) is 14.9 Å². The molecule has 3 heterocycles. The molecule has 0 unspecified atom stereocenters. The van der Waals surface area contributed by atoms with Crippen molar-refractivity contribution in [3.8, 4) is 0 Å². The summed E-state index contributed by atoms with van der Waals surface area (Å²) in [5.74, 6) is 1.16. The minimum atomic E-state index is 0.00622. The molecule has 1 fully saturated rings. The van der Waals surface area contributed by atoms with Gasteiger partial charge in [0.05, 0.1) is 12.2 Å². The Hall–Kier alpha value is -2.25. The van der Waals surface area contributed by atoms with E-state index in [1.54, 1.807) is 11.3 Å². The minimum absolute atomic E-state index is 0.00622. The van der Waals surface area contributed by atoms with Crippen molar-refractivity contribution in [2.75, 3.05) is 25.0 Å². The minimum Gasteiger partial charge on any atom is -0.440 e. The number of aromatic nitrogens is 2. The summed E-state index contributed by atoms with van der Waals surface area (Å²) in [5.41, 5.74) is 2.83. The van der Waals surface area contributed by atoms with Crippen molar-refractivity contribution in [2.24, 2.45) is 0 Å². The first-order valence-electron chi connectivity index (χ1n) is 9.46. The number of oxazole rings is 1. The number of fused-ring (bicyclic) bond motifs is 1. The first kappa shape index (κ1) is 18.1. The number of nitrogens with one attached hydrogen (secondary N) is 1. The standard InChI is InChI=1S/C20H24N4O2S/c1-3-15-13(2)27-20(22-15)23-18(25)12-24-10-8-14(9-11-24)19-21-16-6-4-5-7-17(16)26-19/h4-7,14H,3,8-12H2,1-2H3,(H,22,23,25). The van der Waals surface area contributed by atoms with Crippen LogP contribution in [0.5, 0.6) is 0 Å². The Kier molecular flexibility index (Phi) is 5.22. The molecule has 1 aliphatic rings. The van der Waals surface area contributed by atoms with Gasteiger partial charge in [-0.15, -0.1) is 11.3 Å². The lowest BCUT2D eigenvalue weighted by Crippen LogP contribution is -2.38. The van der Waals surface area contributed by atoms with Gasteiger partial charge in [-0.05, 0) is 51.4 Å². The largest absolute Gasteiger partial charge is 0.440 e. The molecule has 1 N–H and O–H groups in total. The number of nitrogens with zero attached hydrogens (tertiary/aromatic N) is 3. The molecule has 1 amide bonds. The summed E-state index contributed by atoms with van der Waals surface area (Å²) in [6.07, 6.45) is 2.80. The zero-order chi connectivity index (χ0) is 18.8. The molecule has 142 valence electrons. The Balaban J connectivity index is 1.30. The second-order valence-electron chi connectivity index (χ2n) is 6.99. The van der Waals surface area contributed by atoms with Gasteiger partial charge < -0.3 is 9.73 Å². The van der Waals surface area contributed by atoms with E-state index in [0.29, 0.717) is 17.6 Å². The Morgan fingerprint density at radius 1 is 1.30 bits per heavy atom. The predicted octanol–water partition coefficient (Wildman–Crippen LogP) is 3.97. The SMILES string of the molecule is CCc1nc(NC(=O)CN2CCC(c3nc4ccccc4o3)CC2)sc1C. The van der Waals surface area contributed by atoms with E-state index in [0.717, 1.165) is 55.0 Å². The highest BCUT2D eigenvalue weighted by Gasteiger charge is 2.25. The molecule has 0 bridgehead atoms. The topological polar surface area (TPSA) is 71.3 Å². The van der Waals surface area contributed by atoms with Gasteiger partial charge in [-0.1, -0.05) is 19.1 Å². The number of benzene rings is 1. The molecule has 1 saturated heterocycles. The molecule has 0 aliphatic carbocycles. The second kappa shape index (κ2) is 7.78. The summed E-state index contributed by atoms with van der Waals surface area (Å²) >= 11 is 1.55. The number of para-hydroxylation sites is 2. The van der Waals surface area contributed by atoms with Crippen molar-refractivity contribution in [2.45, 2.75) is 39.0 Å². The molecule has 7 heteroatoms. The number of hydrogen-bond acceptors (Lipinski definition) is 6. The van der Waals surface area contributed by atoms with Crippen LogP contribution in [0.3, 0.4) is 0 Å². The maximum Gasteiger partial charge on any atom is 0.240 e. The number of carbonyl (C=O) groups is 1. The summed E-state index contributed by atoms with van der Waals surface area (Å²) in [4.78, 5) is 24.8. The molecule has 3 aromatic rings. The van der Waals surface area contributed by atoms with Gasteiger partial charge in [0.1, 0.15) is 5.52 Å². The van der Waals surface area contributed by atoms with E-state index in [9.17, 15) is 4.79 Å². The van der Waals surface area contributed by atoms with Crippen LogP contribution in [0.2, 0.25) is 0 Å². The average molecular weight is 385 g/mol. The van der Waals surface area contributed by atoms with Gasteiger partial charge in [0.2, 0.25) is 5.91 Å². The van der Waals surface area contributed by atoms with Crippen LogP contribution in [0.15, 0.2) is 28.7 Å². The van der Waals surface area contributed by atoms with Crippen LogP contribution in [-0.2, 0) is 11.2 Å². The Morgan fingerprint density at radius 2 is 2.07 bits per heavy atom. The molecule has 0 saturated carbocycles. The molecule has 0 radical (unpaired) electrons. The molecular weight excluding hydrogens is 360 g/mol. The molecule has 1 aromatic carbocycles. The van der Waals surface area contributed by atoms with E-state index >= 15 is 0 Å². The molecule has 1 aliphatic heterocycles. The lowest BCUT2D eigenvalue weighted by Gasteiger charge is -2.29. The Morgan fingerprint density at radius 3 is 2.78 bits per heavy atom. The maximum absolute atomic E-state index is 12.3. The third kappa shape index (κ3) is 4.04.